The van der Waals surface area contributed by atoms with Crippen molar-refractivity contribution in [3.8, 4) is 0 Å². The molecule has 0 aliphatic carbocycles. The summed E-state index contributed by atoms with van der Waals surface area (Å²) in [4.78, 5) is 23.4. The summed E-state index contributed by atoms with van der Waals surface area (Å²) >= 11 is 0. The Balaban J connectivity index is 2.64. The van der Waals surface area contributed by atoms with E-state index >= 15 is 0 Å². The molecule has 5 heteroatoms. The van der Waals surface area contributed by atoms with Gasteiger partial charge in [0.1, 0.15) is 0 Å². The Kier molecular flexibility index (Phi) is 6.72. The number of benzene rings is 1. The van der Waals surface area contributed by atoms with Crippen LogP contribution in [0.5, 0.6) is 0 Å². The van der Waals surface area contributed by atoms with E-state index in [2.05, 4.69) is 29.8 Å². The van der Waals surface area contributed by atoms with Crippen LogP contribution in [0.25, 0.3) is 0 Å². The molecule has 3 amide bonds. The zero-order valence-corrected chi connectivity index (χ0v) is 13.2. The number of nitrogens with one attached hydrogen (secondary N) is 3. The van der Waals surface area contributed by atoms with Gasteiger partial charge in [-0.05, 0) is 37.8 Å². The Morgan fingerprint density at radius 2 is 1.67 bits per heavy atom. The van der Waals surface area contributed by atoms with Crippen LogP contribution in [0.2, 0.25) is 0 Å². The SMILES string of the molecule is CCc1cccc(CC)c1NC(=O)CNC(=O)NC(C)C. The molecule has 21 heavy (non-hydrogen) atoms. The van der Waals surface area contributed by atoms with Gasteiger partial charge in [-0.1, -0.05) is 32.0 Å². The van der Waals surface area contributed by atoms with Crippen LogP contribution in [-0.4, -0.2) is 24.5 Å². The lowest BCUT2D eigenvalue weighted by atomic mass is 10.0. The maximum atomic E-state index is 12.0. The van der Waals surface area contributed by atoms with E-state index in [1.54, 1.807) is 0 Å². The van der Waals surface area contributed by atoms with Gasteiger partial charge >= 0.3 is 6.03 Å². The van der Waals surface area contributed by atoms with E-state index in [-0.39, 0.29) is 24.5 Å². The summed E-state index contributed by atoms with van der Waals surface area (Å²) in [7, 11) is 0. The largest absolute Gasteiger partial charge is 0.336 e. The highest BCUT2D eigenvalue weighted by molar-refractivity contribution is 5.95. The number of urea groups is 1. The standard InChI is InChI=1S/C16H25N3O2/c1-5-12-8-7-9-13(6-2)15(12)19-14(20)10-17-16(21)18-11(3)4/h7-9,11H,5-6,10H2,1-4H3,(H,19,20)(H2,17,18,21). The molecule has 1 rings (SSSR count). The molecular formula is C16H25N3O2. The van der Waals surface area contributed by atoms with Crippen molar-refractivity contribution < 1.29 is 9.59 Å². The van der Waals surface area contributed by atoms with Gasteiger partial charge in [0.15, 0.2) is 0 Å². The Morgan fingerprint density at radius 1 is 1.10 bits per heavy atom. The van der Waals surface area contributed by atoms with Crippen LogP contribution in [-0.2, 0) is 17.6 Å². The molecule has 0 aliphatic heterocycles. The highest BCUT2D eigenvalue weighted by Crippen LogP contribution is 2.22. The lowest BCUT2D eigenvalue weighted by molar-refractivity contribution is -0.115. The van der Waals surface area contributed by atoms with E-state index in [1.807, 2.05) is 32.0 Å². The van der Waals surface area contributed by atoms with Gasteiger partial charge in [-0.2, -0.15) is 0 Å². The predicted octanol–water partition coefficient (Wildman–Crippen LogP) is 2.46. The molecule has 0 spiro atoms. The lowest BCUT2D eigenvalue weighted by Crippen LogP contribution is -2.42. The van der Waals surface area contributed by atoms with E-state index < -0.39 is 0 Å². The molecule has 0 saturated carbocycles. The number of anilines is 1. The van der Waals surface area contributed by atoms with Crippen molar-refractivity contribution in [1.29, 1.82) is 0 Å². The van der Waals surface area contributed by atoms with Gasteiger partial charge in [0.2, 0.25) is 5.91 Å². The first-order valence-electron chi connectivity index (χ1n) is 7.42. The fourth-order valence-electron chi connectivity index (χ4n) is 2.06. The summed E-state index contributed by atoms with van der Waals surface area (Å²) in [6, 6.07) is 5.73. The summed E-state index contributed by atoms with van der Waals surface area (Å²) in [5, 5.41) is 8.13. The number of para-hydroxylation sites is 1. The van der Waals surface area contributed by atoms with Crippen LogP contribution in [0, 0.1) is 0 Å². The summed E-state index contributed by atoms with van der Waals surface area (Å²) in [5.41, 5.74) is 3.09. The second-order valence-electron chi connectivity index (χ2n) is 5.19. The van der Waals surface area contributed by atoms with Crippen LogP contribution in [0.15, 0.2) is 18.2 Å². The summed E-state index contributed by atoms with van der Waals surface area (Å²) in [6.07, 6.45) is 1.70. The molecule has 0 fully saturated rings. The van der Waals surface area contributed by atoms with E-state index in [0.29, 0.717) is 0 Å². The number of rotatable bonds is 6. The molecule has 0 bridgehead atoms. The molecule has 116 valence electrons. The van der Waals surface area contributed by atoms with Gasteiger partial charge in [-0.15, -0.1) is 0 Å². The third-order valence-corrected chi connectivity index (χ3v) is 3.09. The third-order valence-electron chi connectivity index (χ3n) is 3.09. The summed E-state index contributed by atoms with van der Waals surface area (Å²) < 4.78 is 0. The van der Waals surface area contributed by atoms with E-state index in [0.717, 1.165) is 29.7 Å². The molecule has 0 radical (unpaired) electrons. The normalized spacial score (nSPS) is 10.3. The zero-order valence-electron chi connectivity index (χ0n) is 13.2. The fourth-order valence-corrected chi connectivity index (χ4v) is 2.06. The van der Waals surface area contributed by atoms with Crippen LogP contribution >= 0.6 is 0 Å². The minimum atomic E-state index is -0.334. The second kappa shape index (κ2) is 8.29. The number of hydrogen-bond acceptors (Lipinski definition) is 2. The first-order valence-corrected chi connectivity index (χ1v) is 7.42. The number of carbonyl (C=O) groups excluding carboxylic acids is 2. The first-order chi connectivity index (χ1) is 9.97. The van der Waals surface area contributed by atoms with Gasteiger partial charge in [0.25, 0.3) is 0 Å². The highest BCUT2D eigenvalue weighted by atomic mass is 16.2. The Labute approximate surface area is 126 Å². The van der Waals surface area contributed by atoms with Crippen molar-refractivity contribution in [2.24, 2.45) is 0 Å². The number of aryl methyl sites for hydroxylation is 2. The summed E-state index contributed by atoms with van der Waals surface area (Å²) in [5.74, 6) is -0.218. The lowest BCUT2D eigenvalue weighted by Gasteiger charge is -2.15. The molecule has 0 aromatic heterocycles. The van der Waals surface area contributed by atoms with Gasteiger partial charge in [-0.25, -0.2) is 4.79 Å². The van der Waals surface area contributed by atoms with Crippen molar-refractivity contribution in [1.82, 2.24) is 10.6 Å². The van der Waals surface area contributed by atoms with Crippen molar-refractivity contribution in [2.75, 3.05) is 11.9 Å². The summed E-state index contributed by atoms with van der Waals surface area (Å²) in [6.45, 7) is 7.80. The molecule has 0 saturated heterocycles. The number of hydrogen-bond donors (Lipinski definition) is 3. The minimum absolute atomic E-state index is 0.0419. The maximum Gasteiger partial charge on any atom is 0.315 e. The molecule has 0 atom stereocenters. The Morgan fingerprint density at radius 3 is 2.14 bits per heavy atom. The first kappa shape index (κ1) is 17.0. The molecular weight excluding hydrogens is 266 g/mol. The van der Waals surface area contributed by atoms with Gasteiger partial charge in [0, 0.05) is 11.7 Å². The molecule has 0 aliphatic rings. The van der Waals surface area contributed by atoms with Gasteiger partial charge < -0.3 is 16.0 Å². The molecule has 3 N–H and O–H groups in total. The Hall–Kier alpha value is -2.04. The van der Waals surface area contributed by atoms with Crippen LogP contribution in [0.4, 0.5) is 10.5 Å². The number of carbonyl (C=O) groups is 2. The second-order valence-corrected chi connectivity index (χ2v) is 5.19. The van der Waals surface area contributed by atoms with Crippen molar-refractivity contribution >= 4 is 17.6 Å². The van der Waals surface area contributed by atoms with E-state index in [9.17, 15) is 9.59 Å². The highest BCUT2D eigenvalue weighted by Gasteiger charge is 2.11. The molecule has 0 heterocycles. The van der Waals surface area contributed by atoms with Crippen molar-refractivity contribution in [3.63, 3.8) is 0 Å². The van der Waals surface area contributed by atoms with Crippen LogP contribution < -0.4 is 16.0 Å². The van der Waals surface area contributed by atoms with Crippen molar-refractivity contribution in [3.05, 3.63) is 29.3 Å². The van der Waals surface area contributed by atoms with Gasteiger partial charge in [0.05, 0.1) is 6.54 Å². The average Bonchev–Trinajstić information content (AvgIpc) is 2.44. The average molecular weight is 291 g/mol. The molecule has 1 aromatic rings. The maximum absolute atomic E-state index is 12.0. The quantitative estimate of drug-likeness (QED) is 0.753. The zero-order chi connectivity index (χ0) is 15.8. The van der Waals surface area contributed by atoms with E-state index in [4.69, 9.17) is 0 Å². The smallest absolute Gasteiger partial charge is 0.315 e. The van der Waals surface area contributed by atoms with E-state index in [1.165, 1.54) is 0 Å². The Bertz CT molecular complexity index is 476. The van der Waals surface area contributed by atoms with Crippen LogP contribution in [0.1, 0.15) is 38.8 Å². The van der Waals surface area contributed by atoms with Crippen molar-refractivity contribution in [2.45, 2.75) is 46.6 Å². The van der Waals surface area contributed by atoms with Gasteiger partial charge in [-0.3, -0.25) is 4.79 Å². The monoisotopic (exact) mass is 291 g/mol. The number of amides is 3. The molecule has 5 nitrogen and oxygen atoms in total. The molecule has 1 aromatic carbocycles. The topological polar surface area (TPSA) is 70.2 Å². The fraction of sp³-hybridized carbons (Fsp3) is 0.500. The third kappa shape index (κ3) is 5.45. The molecule has 0 unspecified atom stereocenters. The minimum Gasteiger partial charge on any atom is -0.336 e. The predicted molar refractivity (Wildman–Crippen MR) is 85.5 cm³/mol. The van der Waals surface area contributed by atoms with Crippen LogP contribution in [0.3, 0.4) is 0 Å².